The van der Waals surface area contributed by atoms with Crippen LogP contribution in [0.2, 0.25) is 0 Å². The predicted octanol–water partition coefficient (Wildman–Crippen LogP) is 6.04. The average Bonchev–Trinajstić information content (AvgIpc) is 3.51. The standard InChI is InChI=1S/C26H23F3N4O2/c1-25(2,9-10-30)23-19(14-7-8-26(29,12-14)24(34)35)20-18(11-15-13-31-32-22(15)21(20)28)33(23)17-5-3-16(27)4-6-17/h3-6,11,13-14H,7-9,12H2,1-2H3,(H,31,32)(H,34,35)/t14-,26+/m1/s1. The molecule has 9 heteroatoms. The number of alkyl halides is 1. The molecule has 0 bridgehead atoms. The van der Waals surface area contributed by atoms with Crippen LogP contribution in [-0.4, -0.2) is 31.5 Å². The number of nitrogens with one attached hydrogen (secondary N) is 1. The molecule has 0 spiro atoms. The number of carboxylic acid groups (broad SMARTS) is 1. The van der Waals surface area contributed by atoms with Crippen molar-refractivity contribution in [2.24, 2.45) is 0 Å². The highest BCUT2D eigenvalue weighted by atomic mass is 19.1. The second kappa shape index (κ2) is 7.87. The van der Waals surface area contributed by atoms with Gasteiger partial charge in [-0.25, -0.2) is 18.0 Å². The molecule has 0 aliphatic heterocycles. The summed E-state index contributed by atoms with van der Waals surface area (Å²) in [6.45, 7) is 3.68. The Kier molecular flexibility index (Phi) is 5.16. The van der Waals surface area contributed by atoms with Crippen LogP contribution in [0.25, 0.3) is 27.5 Å². The predicted molar refractivity (Wildman–Crippen MR) is 124 cm³/mol. The van der Waals surface area contributed by atoms with Gasteiger partial charge < -0.3 is 9.67 Å². The molecule has 0 radical (unpaired) electrons. The summed E-state index contributed by atoms with van der Waals surface area (Å²) in [5.74, 6) is -3.14. The van der Waals surface area contributed by atoms with Gasteiger partial charge in [0.05, 0.1) is 17.8 Å². The number of rotatable bonds is 5. The summed E-state index contributed by atoms with van der Waals surface area (Å²) in [6, 6.07) is 9.65. The molecule has 1 aliphatic carbocycles. The molecule has 2 aromatic carbocycles. The fourth-order valence-corrected chi connectivity index (χ4v) is 5.47. The molecule has 0 unspecified atom stereocenters. The molecule has 4 aromatic rings. The van der Waals surface area contributed by atoms with E-state index in [0.717, 1.165) is 0 Å². The fourth-order valence-electron chi connectivity index (χ4n) is 5.47. The maximum absolute atomic E-state index is 16.1. The van der Waals surface area contributed by atoms with Gasteiger partial charge in [0.1, 0.15) is 11.3 Å². The molecule has 1 aliphatic rings. The zero-order valence-corrected chi connectivity index (χ0v) is 19.2. The van der Waals surface area contributed by atoms with Crippen molar-refractivity contribution in [3.05, 3.63) is 59.4 Å². The number of H-pyrrole nitrogens is 1. The Balaban J connectivity index is 1.92. The Morgan fingerprint density at radius 2 is 2.06 bits per heavy atom. The number of fused-ring (bicyclic) bond motifs is 2. The van der Waals surface area contributed by atoms with Gasteiger partial charge in [0.15, 0.2) is 5.82 Å². The zero-order chi connectivity index (χ0) is 25.1. The first kappa shape index (κ1) is 23.0. The van der Waals surface area contributed by atoms with Gasteiger partial charge in [0.2, 0.25) is 5.67 Å². The number of aliphatic carboxylic acids is 1. The Hall–Kier alpha value is -3.80. The molecule has 5 rings (SSSR count). The largest absolute Gasteiger partial charge is 0.479 e. The van der Waals surface area contributed by atoms with Crippen LogP contribution in [0.4, 0.5) is 13.2 Å². The van der Waals surface area contributed by atoms with E-state index in [9.17, 15) is 19.6 Å². The molecule has 2 atom stereocenters. The van der Waals surface area contributed by atoms with E-state index in [1.165, 1.54) is 18.3 Å². The number of carboxylic acids is 1. The van der Waals surface area contributed by atoms with Crippen LogP contribution in [0.1, 0.15) is 56.7 Å². The van der Waals surface area contributed by atoms with Crippen LogP contribution in [0.3, 0.4) is 0 Å². The average molecular weight is 480 g/mol. The highest BCUT2D eigenvalue weighted by Crippen LogP contribution is 2.51. The van der Waals surface area contributed by atoms with Crippen molar-refractivity contribution in [1.82, 2.24) is 14.8 Å². The number of aromatic amines is 1. The van der Waals surface area contributed by atoms with Crippen LogP contribution in [-0.2, 0) is 10.2 Å². The molecule has 2 heterocycles. The lowest BCUT2D eigenvalue weighted by Crippen LogP contribution is -2.30. The Morgan fingerprint density at radius 1 is 1.34 bits per heavy atom. The van der Waals surface area contributed by atoms with E-state index >= 15 is 8.78 Å². The second-order valence-electron chi connectivity index (χ2n) is 9.92. The maximum Gasteiger partial charge on any atom is 0.341 e. The summed E-state index contributed by atoms with van der Waals surface area (Å²) >= 11 is 0. The quantitative estimate of drug-likeness (QED) is 0.364. The first-order valence-electron chi connectivity index (χ1n) is 11.3. The number of halogens is 3. The van der Waals surface area contributed by atoms with Gasteiger partial charge in [-0.1, -0.05) is 13.8 Å². The molecule has 180 valence electrons. The van der Waals surface area contributed by atoms with Crippen LogP contribution < -0.4 is 0 Å². The Labute approximate surface area is 199 Å². The van der Waals surface area contributed by atoms with Crippen molar-refractivity contribution >= 4 is 27.8 Å². The number of nitrogens with zero attached hydrogens (tertiary/aromatic N) is 3. The van der Waals surface area contributed by atoms with E-state index in [2.05, 4.69) is 16.3 Å². The third-order valence-corrected chi connectivity index (χ3v) is 7.14. The molecular formula is C26H23F3N4O2. The number of aromatic nitrogens is 3. The van der Waals surface area contributed by atoms with Crippen molar-refractivity contribution in [3.8, 4) is 11.8 Å². The van der Waals surface area contributed by atoms with Crippen LogP contribution >= 0.6 is 0 Å². The van der Waals surface area contributed by atoms with Crippen molar-refractivity contribution in [3.63, 3.8) is 0 Å². The first-order chi connectivity index (χ1) is 16.6. The molecule has 1 fully saturated rings. The first-order valence-corrected chi connectivity index (χ1v) is 11.3. The highest BCUT2D eigenvalue weighted by molar-refractivity contribution is 6.00. The normalized spacial score (nSPS) is 20.5. The molecule has 35 heavy (non-hydrogen) atoms. The highest BCUT2D eigenvalue weighted by Gasteiger charge is 2.49. The van der Waals surface area contributed by atoms with Gasteiger partial charge in [-0.05, 0) is 61.1 Å². The van der Waals surface area contributed by atoms with Crippen molar-refractivity contribution in [2.45, 2.75) is 56.5 Å². The van der Waals surface area contributed by atoms with Gasteiger partial charge >= 0.3 is 5.97 Å². The SMILES string of the molecule is CC(C)(CC#N)c1c([C@@H]2CC[C@@](F)(C(=O)O)C2)c2c(F)c3[nH]ncc3cc2n1-c1ccc(F)cc1. The van der Waals surface area contributed by atoms with Gasteiger partial charge in [-0.3, -0.25) is 5.10 Å². The van der Waals surface area contributed by atoms with Crippen molar-refractivity contribution in [2.75, 3.05) is 0 Å². The van der Waals surface area contributed by atoms with E-state index in [4.69, 9.17) is 0 Å². The number of carbonyl (C=O) groups is 1. The van der Waals surface area contributed by atoms with E-state index in [1.54, 1.807) is 22.8 Å². The molecule has 0 amide bonds. The lowest BCUT2D eigenvalue weighted by molar-refractivity contribution is -0.150. The van der Waals surface area contributed by atoms with Gasteiger partial charge in [0, 0.05) is 34.0 Å². The molecule has 1 saturated carbocycles. The molecular weight excluding hydrogens is 457 g/mol. The van der Waals surface area contributed by atoms with Crippen LogP contribution in [0.15, 0.2) is 36.5 Å². The maximum atomic E-state index is 16.1. The van der Waals surface area contributed by atoms with E-state index < -0.39 is 34.6 Å². The topological polar surface area (TPSA) is 94.7 Å². The smallest absolute Gasteiger partial charge is 0.341 e. The third-order valence-electron chi connectivity index (χ3n) is 7.14. The number of benzene rings is 2. The molecule has 0 saturated heterocycles. The second-order valence-corrected chi connectivity index (χ2v) is 9.92. The Morgan fingerprint density at radius 3 is 2.69 bits per heavy atom. The van der Waals surface area contributed by atoms with Gasteiger partial charge in [-0.15, -0.1) is 0 Å². The minimum atomic E-state index is -2.42. The minimum Gasteiger partial charge on any atom is -0.479 e. The summed E-state index contributed by atoms with van der Waals surface area (Å²) in [5, 5.41) is 26.4. The van der Waals surface area contributed by atoms with E-state index in [1.807, 2.05) is 13.8 Å². The summed E-state index contributed by atoms with van der Waals surface area (Å²) in [6.07, 6.45) is 1.28. The molecule has 2 aromatic heterocycles. The number of hydrogen-bond donors (Lipinski definition) is 2. The lowest BCUT2D eigenvalue weighted by atomic mass is 9.79. The van der Waals surface area contributed by atoms with Gasteiger partial charge in [0.25, 0.3) is 0 Å². The Bertz CT molecular complexity index is 1510. The summed E-state index contributed by atoms with van der Waals surface area (Å²) in [7, 11) is 0. The summed E-state index contributed by atoms with van der Waals surface area (Å²) in [4.78, 5) is 11.7. The number of nitriles is 1. The monoisotopic (exact) mass is 480 g/mol. The fraction of sp³-hybridized carbons (Fsp3) is 0.346. The zero-order valence-electron chi connectivity index (χ0n) is 19.2. The van der Waals surface area contributed by atoms with Crippen LogP contribution in [0.5, 0.6) is 0 Å². The number of hydrogen-bond acceptors (Lipinski definition) is 3. The van der Waals surface area contributed by atoms with E-state index in [0.29, 0.717) is 27.8 Å². The summed E-state index contributed by atoms with van der Waals surface area (Å²) < 4.78 is 46.9. The van der Waals surface area contributed by atoms with Crippen molar-refractivity contribution in [1.29, 1.82) is 5.26 Å². The van der Waals surface area contributed by atoms with Gasteiger partial charge in [-0.2, -0.15) is 10.4 Å². The lowest BCUT2D eigenvalue weighted by Gasteiger charge is -2.28. The van der Waals surface area contributed by atoms with Crippen molar-refractivity contribution < 1.29 is 23.1 Å². The third kappa shape index (κ3) is 3.47. The van der Waals surface area contributed by atoms with Crippen LogP contribution in [0, 0.1) is 23.0 Å². The molecule has 2 N–H and O–H groups in total. The minimum absolute atomic E-state index is 0.0744. The summed E-state index contributed by atoms with van der Waals surface area (Å²) in [5.41, 5.74) is -0.971. The van der Waals surface area contributed by atoms with E-state index in [-0.39, 0.29) is 36.6 Å². The molecule has 6 nitrogen and oxygen atoms in total.